The summed E-state index contributed by atoms with van der Waals surface area (Å²) in [4.78, 5) is 10.4. The summed E-state index contributed by atoms with van der Waals surface area (Å²) in [6.07, 6.45) is 0. The number of para-hydroxylation sites is 6. The van der Waals surface area contributed by atoms with E-state index in [0.717, 1.165) is 95.1 Å². The van der Waals surface area contributed by atoms with Gasteiger partial charge in [-0.25, -0.2) is 9.97 Å². The third-order valence-electron chi connectivity index (χ3n) is 19.4. The minimum Gasteiger partial charge on any atom is -0.309 e. The first kappa shape index (κ1) is 54.6. The molecule has 0 bridgehead atoms. The van der Waals surface area contributed by atoms with Crippen LogP contribution in [-0.2, 0) is 0 Å². The van der Waals surface area contributed by atoms with Crippen molar-refractivity contribution in [2.45, 2.75) is 0 Å². The zero-order valence-corrected chi connectivity index (χ0v) is 51.9. The summed E-state index contributed by atoms with van der Waals surface area (Å²) in [5.74, 6) is 0.582. The second-order valence-electron chi connectivity index (χ2n) is 24.8. The third-order valence-corrected chi connectivity index (χ3v) is 19.4. The minimum absolute atomic E-state index is 0.581. The van der Waals surface area contributed by atoms with Crippen LogP contribution in [0.5, 0.6) is 0 Å². The molecule has 0 fully saturated rings. The molecule has 0 unspecified atom stereocenters. The van der Waals surface area contributed by atoms with Crippen LogP contribution in [0.25, 0.3) is 177 Å². The summed E-state index contributed by atoms with van der Waals surface area (Å²) in [6.45, 7) is 0. The van der Waals surface area contributed by atoms with Gasteiger partial charge in [0.15, 0.2) is 5.82 Å². The summed E-state index contributed by atoms with van der Waals surface area (Å²) in [7, 11) is 0. The molecule has 0 saturated carbocycles. The van der Waals surface area contributed by atoms with Crippen LogP contribution in [0.1, 0.15) is 5.56 Å². The smallest absolute Gasteiger partial charge is 0.160 e. The Balaban J connectivity index is 0.647. The summed E-state index contributed by atoms with van der Waals surface area (Å²) in [6, 6.07) is 122. The topological polar surface area (TPSA) is 69.3 Å². The van der Waals surface area contributed by atoms with E-state index >= 15 is 0 Å². The van der Waals surface area contributed by atoms with Crippen LogP contribution in [0.3, 0.4) is 0 Å². The molecule has 0 saturated heterocycles. The van der Waals surface area contributed by atoms with Crippen molar-refractivity contribution in [3.05, 3.63) is 339 Å². The Morgan fingerprint density at radius 1 is 0.208 bits per heavy atom. The zero-order chi connectivity index (χ0) is 63.4. The fourth-order valence-electron chi connectivity index (χ4n) is 14.9. The van der Waals surface area contributed by atoms with E-state index in [1.54, 1.807) is 0 Å². The third kappa shape index (κ3) is 8.89. The maximum atomic E-state index is 9.73. The number of hydrogen-bond donors (Lipinski definition) is 0. The van der Waals surface area contributed by atoms with Crippen LogP contribution in [0.15, 0.2) is 334 Å². The van der Waals surface area contributed by atoms with Crippen LogP contribution < -0.4 is 0 Å². The van der Waals surface area contributed by atoms with Gasteiger partial charge in [0.2, 0.25) is 0 Å². The first-order chi connectivity index (χ1) is 47.5. The average molecular weight is 1220 g/mol. The molecular weight excluding hydrogens is 1170 g/mol. The normalized spacial score (nSPS) is 11.7. The summed E-state index contributed by atoms with van der Waals surface area (Å²) >= 11 is 0. The quantitative estimate of drug-likeness (QED) is 0.137. The van der Waals surface area contributed by atoms with Gasteiger partial charge in [-0.1, -0.05) is 194 Å². The number of benzene rings is 14. The summed E-state index contributed by atoms with van der Waals surface area (Å²) in [5, 5.41) is 19.5. The SMILES string of the molecule is N#Cc1ccc(-c2nc(-c3ccc(-c4ccc(-n5c6ccccc6c6ccc(-c7ccc8c(c7)c7ccccc7n8-c7ccccc7)cc65)cc4)cc3)cc(-c3ccc(-n4c5ccccc5c5ccc(-c6ccc7c(c6)c6ccccc6n7-c6ccccc6)cc54)cc3)n2)cc1. The lowest BCUT2D eigenvalue weighted by Gasteiger charge is -2.13. The highest BCUT2D eigenvalue weighted by Gasteiger charge is 2.21. The molecule has 0 spiro atoms. The molecule has 0 aliphatic rings. The van der Waals surface area contributed by atoms with Crippen molar-refractivity contribution in [2.75, 3.05) is 0 Å². The lowest BCUT2D eigenvalue weighted by molar-refractivity contribution is 1.17. The van der Waals surface area contributed by atoms with E-state index in [1.165, 1.54) is 76.3 Å². The van der Waals surface area contributed by atoms with E-state index in [4.69, 9.17) is 9.97 Å². The van der Waals surface area contributed by atoms with Gasteiger partial charge >= 0.3 is 0 Å². The largest absolute Gasteiger partial charge is 0.309 e. The number of fused-ring (bicyclic) bond motifs is 12. The van der Waals surface area contributed by atoms with Crippen LogP contribution in [0.4, 0.5) is 0 Å². The van der Waals surface area contributed by atoms with Gasteiger partial charge in [0.05, 0.1) is 67.2 Å². The molecule has 5 aromatic heterocycles. The molecule has 0 atom stereocenters. The molecule has 446 valence electrons. The van der Waals surface area contributed by atoms with Gasteiger partial charge in [-0.15, -0.1) is 0 Å². The van der Waals surface area contributed by atoms with E-state index in [9.17, 15) is 5.26 Å². The maximum Gasteiger partial charge on any atom is 0.160 e. The summed E-state index contributed by atoms with van der Waals surface area (Å²) in [5.41, 5.74) is 25.6. The van der Waals surface area contributed by atoms with E-state index in [2.05, 4.69) is 334 Å². The Kier molecular flexibility index (Phi) is 12.5. The molecule has 5 heterocycles. The number of hydrogen-bond acceptors (Lipinski definition) is 3. The highest BCUT2D eigenvalue weighted by Crippen LogP contribution is 2.42. The molecule has 0 radical (unpaired) electrons. The van der Waals surface area contributed by atoms with Crippen molar-refractivity contribution >= 4 is 87.2 Å². The number of aromatic nitrogens is 6. The molecule has 0 N–H and O–H groups in total. The number of nitriles is 1. The molecule has 19 rings (SSSR count). The highest BCUT2D eigenvalue weighted by atomic mass is 15.0. The molecule has 0 aliphatic carbocycles. The highest BCUT2D eigenvalue weighted by molar-refractivity contribution is 6.14. The zero-order valence-electron chi connectivity index (χ0n) is 51.9. The lowest BCUT2D eigenvalue weighted by atomic mass is 10.0. The van der Waals surface area contributed by atoms with E-state index in [0.29, 0.717) is 11.4 Å². The van der Waals surface area contributed by atoms with Crippen LogP contribution in [-0.4, -0.2) is 28.2 Å². The second-order valence-corrected chi connectivity index (χ2v) is 24.8. The Bertz CT molecular complexity index is 6340. The molecular formula is C89H55N7. The fraction of sp³-hybridized carbons (Fsp3) is 0. The van der Waals surface area contributed by atoms with Crippen LogP contribution in [0.2, 0.25) is 0 Å². The first-order valence-electron chi connectivity index (χ1n) is 32.5. The van der Waals surface area contributed by atoms with Crippen molar-refractivity contribution in [3.8, 4) is 96.1 Å². The predicted octanol–water partition coefficient (Wildman–Crippen LogP) is 22.7. The lowest BCUT2D eigenvalue weighted by Crippen LogP contribution is -1.97. The van der Waals surface area contributed by atoms with Crippen molar-refractivity contribution in [3.63, 3.8) is 0 Å². The van der Waals surface area contributed by atoms with Gasteiger partial charge in [-0.05, 0) is 173 Å². The molecule has 96 heavy (non-hydrogen) atoms. The number of nitrogens with zero attached hydrogens (tertiary/aromatic N) is 7. The predicted molar refractivity (Wildman–Crippen MR) is 397 cm³/mol. The van der Waals surface area contributed by atoms with Gasteiger partial charge in [0, 0.05) is 82.5 Å². The van der Waals surface area contributed by atoms with Crippen molar-refractivity contribution < 1.29 is 0 Å². The molecule has 7 heteroatoms. The number of rotatable bonds is 10. The molecule has 0 aliphatic heterocycles. The van der Waals surface area contributed by atoms with Gasteiger partial charge < -0.3 is 18.3 Å². The standard InChI is InChI=1S/C89H55N7/c90-56-57-27-29-62(30-28-57)89-91-79(55-80(92-89)61-37-45-70(46-38-61)96-82-24-12-8-20-72(82)76-48-40-66(54-88(76)96)64-42-50-86-78(52-64)74-22-10-14-26-84(74)94(86)68-17-5-2-6-18-68)60-33-31-58(32-34-60)59-35-43-69(44-36-59)95-81-23-11-7-19-71(81)75-47-39-65(53-87(75)95)63-41-49-85-77(51-63)73-21-9-13-25-83(73)93(85)67-15-3-1-4-16-67/h1-55H. The minimum atomic E-state index is 0.581. The Morgan fingerprint density at radius 2 is 0.500 bits per heavy atom. The van der Waals surface area contributed by atoms with E-state index < -0.39 is 0 Å². The second kappa shape index (κ2) is 22.0. The Morgan fingerprint density at radius 3 is 0.927 bits per heavy atom. The molecule has 14 aromatic carbocycles. The Hall–Kier alpha value is -13.2. The Labute approximate surface area is 552 Å². The van der Waals surface area contributed by atoms with Crippen molar-refractivity contribution in [2.24, 2.45) is 0 Å². The van der Waals surface area contributed by atoms with Gasteiger partial charge in [0.1, 0.15) is 0 Å². The van der Waals surface area contributed by atoms with Crippen molar-refractivity contribution in [1.82, 2.24) is 28.2 Å². The molecule has 7 nitrogen and oxygen atoms in total. The van der Waals surface area contributed by atoms with Gasteiger partial charge in [-0.3, -0.25) is 0 Å². The average Bonchev–Trinajstić information content (AvgIpc) is 1.66. The van der Waals surface area contributed by atoms with Crippen molar-refractivity contribution in [1.29, 1.82) is 5.26 Å². The maximum absolute atomic E-state index is 9.73. The molecule has 0 amide bonds. The monoisotopic (exact) mass is 1220 g/mol. The van der Waals surface area contributed by atoms with Crippen LogP contribution in [0, 0.1) is 11.3 Å². The van der Waals surface area contributed by atoms with Crippen LogP contribution >= 0.6 is 0 Å². The summed E-state index contributed by atoms with van der Waals surface area (Å²) < 4.78 is 9.52. The fourth-order valence-corrected chi connectivity index (χ4v) is 14.9. The van der Waals surface area contributed by atoms with Gasteiger partial charge in [-0.2, -0.15) is 5.26 Å². The van der Waals surface area contributed by atoms with Gasteiger partial charge in [0.25, 0.3) is 0 Å². The van der Waals surface area contributed by atoms with E-state index in [-0.39, 0.29) is 0 Å². The molecule has 19 aromatic rings. The first-order valence-corrected chi connectivity index (χ1v) is 32.5. The van der Waals surface area contributed by atoms with E-state index in [1.807, 2.05) is 24.3 Å².